The Balaban J connectivity index is 1.92. The number of fused-ring (bicyclic) bond motifs is 1. The Morgan fingerprint density at radius 3 is 2.71 bits per heavy atom. The summed E-state index contributed by atoms with van der Waals surface area (Å²) in [5.74, 6) is -0.556. The highest BCUT2D eigenvalue weighted by molar-refractivity contribution is 7.90. The molecule has 1 aromatic rings. The van der Waals surface area contributed by atoms with E-state index in [0.717, 1.165) is 6.26 Å². The van der Waals surface area contributed by atoms with Crippen LogP contribution in [0.1, 0.15) is 15.9 Å². The van der Waals surface area contributed by atoms with Crippen molar-refractivity contribution in [2.45, 2.75) is 6.42 Å². The summed E-state index contributed by atoms with van der Waals surface area (Å²) in [4.78, 5) is 36.5. The topological polar surface area (TPSA) is 142 Å². The molecular weight excluding hydrogens is 433 g/mol. The largest absolute Gasteiger partial charge is 0.489 e. The van der Waals surface area contributed by atoms with E-state index in [4.69, 9.17) is 9.84 Å². The average Bonchev–Trinajstić information content (AvgIpc) is 2.69. The lowest BCUT2D eigenvalue weighted by molar-refractivity contribution is -0.121. The number of halogens is 1. The maximum Gasteiger partial charge on any atom is 0.404 e. The monoisotopic (exact) mass is 457 g/mol. The molecule has 1 heterocycles. The molecule has 1 aromatic carbocycles. The van der Waals surface area contributed by atoms with Gasteiger partial charge in [0, 0.05) is 37.0 Å². The lowest BCUT2D eigenvalue weighted by atomic mass is 9.98. The van der Waals surface area contributed by atoms with Crippen molar-refractivity contribution in [3.05, 3.63) is 41.2 Å². The highest BCUT2D eigenvalue weighted by atomic mass is 32.2. The first-order valence-corrected chi connectivity index (χ1v) is 11.4. The number of hydrogen-bond acceptors (Lipinski definition) is 6. The second-order valence-electron chi connectivity index (χ2n) is 6.99. The molecule has 0 saturated heterocycles. The minimum absolute atomic E-state index is 0.0196. The fraction of sp³-hybridized carbons (Fsp3) is 0.421. The number of carboxylic acid groups (broad SMARTS) is 1. The third-order valence-electron chi connectivity index (χ3n) is 4.42. The number of benzene rings is 1. The normalized spacial score (nSPS) is 14.1. The molecule has 170 valence electrons. The molecule has 0 radical (unpaired) electrons. The Bertz CT molecular complexity index is 979. The van der Waals surface area contributed by atoms with Gasteiger partial charge < -0.3 is 25.4 Å². The van der Waals surface area contributed by atoms with Gasteiger partial charge in [0.15, 0.2) is 0 Å². The average molecular weight is 457 g/mol. The van der Waals surface area contributed by atoms with Crippen molar-refractivity contribution < 1.29 is 37.0 Å². The predicted octanol–water partition coefficient (Wildman–Crippen LogP) is 0.346. The lowest BCUT2D eigenvalue weighted by Crippen LogP contribution is -2.44. The second-order valence-corrected chi connectivity index (χ2v) is 9.25. The van der Waals surface area contributed by atoms with Crippen molar-refractivity contribution in [2.75, 3.05) is 44.8 Å². The smallest absolute Gasteiger partial charge is 0.404 e. The summed E-state index contributed by atoms with van der Waals surface area (Å²) in [5, 5.41) is 13.1. The Morgan fingerprint density at radius 2 is 2.06 bits per heavy atom. The standard InChI is InChI=1S/C19H24FN3O7S/c1-31(28,29)7-5-21-17(24)11-23-6-4-14-8-15(2-3-16(14)18(23)25)30-12-13(9-20)10-22-19(26)27/h2-3,8-9,22H,4-7,10-12H2,1H3,(H,21,24)(H,26,27)/b13-9+. The van der Waals surface area contributed by atoms with Crippen molar-refractivity contribution in [2.24, 2.45) is 0 Å². The molecule has 2 rings (SSSR count). The van der Waals surface area contributed by atoms with E-state index in [1.165, 1.54) is 11.0 Å². The molecule has 0 unspecified atom stereocenters. The summed E-state index contributed by atoms with van der Waals surface area (Å²) < 4.78 is 40.5. The molecule has 0 bridgehead atoms. The van der Waals surface area contributed by atoms with Crippen molar-refractivity contribution in [3.63, 3.8) is 0 Å². The Kier molecular flexibility index (Phi) is 8.37. The highest BCUT2D eigenvalue weighted by Gasteiger charge is 2.26. The van der Waals surface area contributed by atoms with Gasteiger partial charge in [0.05, 0.1) is 18.6 Å². The maximum atomic E-state index is 12.8. The molecule has 0 spiro atoms. The number of ether oxygens (including phenoxy) is 1. The van der Waals surface area contributed by atoms with Crippen LogP contribution in [0.3, 0.4) is 0 Å². The molecule has 0 fully saturated rings. The molecule has 3 N–H and O–H groups in total. The third kappa shape index (κ3) is 7.89. The van der Waals surface area contributed by atoms with E-state index in [-0.39, 0.29) is 49.8 Å². The van der Waals surface area contributed by atoms with Gasteiger partial charge in [-0.3, -0.25) is 9.59 Å². The quantitative estimate of drug-likeness (QED) is 0.460. The van der Waals surface area contributed by atoms with Gasteiger partial charge in [-0.05, 0) is 30.2 Å². The van der Waals surface area contributed by atoms with Gasteiger partial charge >= 0.3 is 6.09 Å². The predicted molar refractivity (Wildman–Crippen MR) is 109 cm³/mol. The zero-order valence-corrected chi connectivity index (χ0v) is 17.7. The first-order valence-electron chi connectivity index (χ1n) is 9.33. The van der Waals surface area contributed by atoms with Gasteiger partial charge in [-0.1, -0.05) is 0 Å². The van der Waals surface area contributed by atoms with Gasteiger partial charge in [-0.2, -0.15) is 0 Å². The zero-order valence-electron chi connectivity index (χ0n) is 16.9. The van der Waals surface area contributed by atoms with Gasteiger partial charge in [-0.25, -0.2) is 17.6 Å². The molecule has 31 heavy (non-hydrogen) atoms. The van der Waals surface area contributed by atoms with Gasteiger partial charge in [0.25, 0.3) is 5.91 Å². The van der Waals surface area contributed by atoms with Gasteiger partial charge in [0.1, 0.15) is 22.2 Å². The second kappa shape index (κ2) is 10.8. The van der Waals surface area contributed by atoms with E-state index in [9.17, 15) is 27.2 Å². The van der Waals surface area contributed by atoms with Crippen LogP contribution in [0.15, 0.2) is 30.1 Å². The summed E-state index contributed by atoms with van der Waals surface area (Å²) in [5.41, 5.74) is 1.23. The van der Waals surface area contributed by atoms with E-state index in [2.05, 4.69) is 5.32 Å². The molecule has 0 atom stereocenters. The van der Waals surface area contributed by atoms with Crippen LogP contribution in [0.2, 0.25) is 0 Å². The number of carbonyl (C=O) groups excluding carboxylic acids is 2. The van der Waals surface area contributed by atoms with Gasteiger partial charge in [-0.15, -0.1) is 0 Å². The molecule has 1 aliphatic rings. The molecule has 3 amide bonds. The summed E-state index contributed by atoms with van der Waals surface area (Å²) in [6.07, 6.45) is 0.544. The van der Waals surface area contributed by atoms with Crippen LogP contribution in [-0.2, 0) is 21.1 Å². The Morgan fingerprint density at radius 1 is 1.32 bits per heavy atom. The molecule has 0 aliphatic carbocycles. The van der Waals surface area contributed by atoms with E-state index < -0.39 is 21.8 Å². The number of nitrogens with zero attached hydrogens (tertiary/aromatic N) is 1. The Labute approximate surface area is 179 Å². The van der Waals surface area contributed by atoms with Crippen molar-refractivity contribution >= 4 is 27.7 Å². The molecule has 12 heteroatoms. The van der Waals surface area contributed by atoms with Crippen molar-refractivity contribution in [3.8, 4) is 5.75 Å². The minimum atomic E-state index is -3.19. The summed E-state index contributed by atoms with van der Waals surface area (Å²) >= 11 is 0. The van der Waals surface area contributed by atoms with E-state index >= 15 is 0 Å². The number of sulfone groups is 1. The van der Waals surface area contributed by atoms with Crippen molar-refractivity contribution in [1.29, 1.82) is 0 Å². The third-order valence-corrected chi connectivity index (χ3v) is 5.37. The number of amides is 3. The summed E-state index contributed by atoms with van der Waals surface area (Å²) in [6, 6.07) is 4.74. The van der Waals surface area contributed by atoms with Crippen LogP contribution in [0.25, 0.3) is 0 Å². The first kappa shape index (κ1) is 24.1. The molecule has 10 nitrogen and oxygen atoms in total. The zero-order chi connectivity index (χ0) is 23.0. The van der Waals surface area contributed by atoms with E-state index in [0.29, 0.717) is 29.8 Å². The number of hydrogen-bond donors (Lipinski definition) is 3. The van der Waals surface area contributed by atoms with Gasteiger partial charge in [0.2, 0.25) is 5.91 Å². The minimum Gasteiger partial charge on any atom is -0.489 e. The highest BCUT2D eigenvalue weighted by Crippen LogP contribution is 2.24. The summed E-state index contributed by atoms with van der Waals surface area (Å²) in [7, 11) is -3.19. The molecule has 0 saturated carbocycles. The first-order chi connectivity index (χ1) is 14.6. The maximum absolute atomic E-state index is 12.8. The molecular formula is C19H24FN3O7S. The van der Waals surface area contributed by atoms with Crippen LogP contribution in [-0.4, -0.2) is 81.1 Å². The van der Waals surface area contributed by atoms with Crippen LogP contribution >= 0.6 is 0 Å². The number of carbonyl (C=O) groups is 3. The van der Waals surface area contributed by atoms with Crippen LogP contribution in [0.5, 0.6) is 5.75 Å². The molecule has 0 aromatic heterocycles. The van der Waals surface area contributed by atoms with E-state index in [1.807, 2.05) is 5.32 Å². The fourth-order valence-electron chi connectivity index (χ4n) is 2.84. The van der Waals surface area contributed by atoms with Crippen LogP contribution in [0, 0.1) is 0 Å². The van der Waals surface area contributed by atoms with Crippen molar-refractivity contribution in [1.82, 2.24) is 15.5 Å². The van der Waals surface area contributed by atoms with Crippen LogP contribution in [0.4, 0.5) is 9.18 Å². The fourth-order valence-corrected chi connectivity index (χ4v) is 3.32. The van der Waals surface area contributed by atoms with Crippen LogP contribution < -0.4 is 15.4 Å². The number of rotatable bonds is 10. The van der Waals surface area contributed by atoms with E-state index in [1.54, 1.807) is 12.1 Å². The Hall–Kier alpha value is -3.15. The SMILES string of the molecule is CS(=O)(=O)CCNC(=O)CN1CCc2cc(OC/C(=C/F)CNC(=O)O)ccc2C1=O. The lowest BCUT2D eigenvalue weighted by Gasteiger charge is -2.28. The summed E-state index contributed by atoms with van der Waals surface area (Å²) in [6.45, 7) is -0.275. The molecule has 1 aliphatic heterocycles. The number of nitrogens with one attached hydrogen (secondary N) is 2.